The highest BCUT2D eigenvalue weighted by molar-refractivity contribution is 7.18. The maximum atomic E-state index is 12.4. The number of hydrogen-bond donors (Lipinski definition) is 2. The smallest absolute Gasteiger partial charge is 0.220 e. The zero-order valence-electron chi connectivity index (χ0n) is 20.3. The quantitative estimate of drug-likeness (QED) is 0.262. The first kappa shape index (κ1) is 25.7. The number of aryl methyl sites for hydroxylation is 1. The molecule has 36 heavy (non-hydrogen) atoms. The number of nitrogens with zero attached hydrogens (tertiary/aromatic N) is 4. The molecule has 7 nitrogen and oxygen atoms in total. The summed E-state index contributed by atoms with van der Waals surface area (Å²) in [5, 5.41) is 16.2. The fraction of sp³-hybridized carbons (Fsp3) is 0.500. The number of halogens is 2. The Morgan fingerprint density at radius 3 is 2.78 bits per heavy atom. The Morgan fingerprint density at radius 1 is 1.14 bits per heavy atom. The van der Waals surface area contributed by atoms with Gasteiger partial charge in [-0.15, -0.1) is 11.3 Å². The lowest BCUT2D eigenvalue weighted by Gasteiger charge is -2.32. The number of quaternary nitrogens is 1. The van der Waals surface area contributed by atoms with Gasteiger partial charge in [0.25, 0.3) is 0 Å². The Hall–Kier alpha value is -1.97. The van der Waals surface area contributed by atoms with Crippen molar-refractivity contribution < 1.29 is 14.6 Å². The average molecular weight is 550 g/mol. The zero-order valence-corrected chi connectivity index (χ0v) is 22.6. The normalized spacial score (nSPS) is 22.0. The summed E-state index contributed by atoms with van der Waals surface area (Å²) in [6, 6.07) is 9.74. The standard InChI is InChI=1S/C26H31Cl2N5O2S/c27-19-7-6-18(17-20(19)28)21-5-3-15-33(21,35)16-4-12-29-24(34)10-11-25-31-26-22(36-25)8-9-23(30-26)32-13-1-2-14-32/h6-9,17,21,35H,1-5,10-16H2/p+1. The predicted molar refractivity (Wildman–Crippen MR) is 145 cm³/mol. The molecule has 0 aliphatic carbocycles. The van der Waals surface area contributed by atoms with E-state index in [1.54, 1.807) is 17.4 Å². The van der Waals surface area contributed by atoms with Gasteiger partial charge in [-0.3, -0.25) is 4.79 Å². The largest absolute Gasteiger partial charge is 0.357 e. The van der Waals surface area contributed by atoms with Crippen molar-refractivity contribution in [3.05, 3.63) is 50.9 Å². The number of benzene rings is 1. The summed E-state index contributed by atoms with van der Waals surface area (Å²) in [5.41, 5.74) is 1.78. The molecule has 2 unspecified atom stereocenters. The highest BCUT2D eigenvalue weighted by atomic mass is 35.5. The van der Waals surface area contributed by atoms with Crippen molar-refractivity contribution in [1.82, 2.24) is 15.3 Å². The number of amides is 1. The van der Waals surface area contributed by atoms with Gasteiger partial charge in [-0.1, -0.05) is 29.3 Å². The van der Waals surface area contributed by atoms with Gasteiger partial charge < -0.3 is 10.2 Å². The molecule has 2 fully saturated rings. The lowest BCUT2D eigenvalue weighted by Crippen LogP contribution is -2.45. The van der Waals surface area contributed by atoms with E-state index in [4.69, 9.17) is 28.2 Å². The summed E-state index contributed by atoms with van der Waals surface area (Å²) in [4.78, 5) is 24.1. The van der Waals surface area contributed by atoms with Crippen LogP contribution < -0.4 is 10.2 Å². The second-order valence-electron chi connectivity index (χ2n) is 9.76. The average Bonchev–Trinajstić information content (AvgIpc) is 3.62. The van der Waals surface area contributed by atoms with Crippen LogP contribution in [0.3, 0.4) is 0 Å². The molecule has 10 heteroatoms. The van der Waals surface area contributed by atoms with E-state index in [0.29, 0.717) is 48.9 Å². The zero-order chi connectivity index (χ0) is 25.1. The van der Waals surface area contributed by atoms with Crippen LogP contribution in [-0.2, 0) is 11.2 Å². The molecular weight excluding hydrogens is 517 g/mol. The molecule has 2 N–H and O–H groups in total. The Labute approximate surface area is 225 Å². The van der Waals surface area contributed by atoms with Crippen molar-refractivity contribution in [2.45, 2.75) is 51.0 Å². The third kappa shape index (κ3) is 5.78. The second kappa shape index (κ2) is 11.2. The minimum absolute atomic E-state index is 0.00640. The number of thiazole rings is 1. The first-order valence-electron chi connectivity index (χ1n) is 12.7. The lowest BCUT2D eigenvalue weighted by molar-refractivity contribution is -1.12. The van der Waals surface area contributed by atoms with Crippen LogP contribution in [-0.4, -0.2) is 58.5 Å². The van der Waals surface area contributed by atoms with Crippen molar-refractivity contribution in [3.8, 4) is 0 Å². The van der Waals surface area contributed by atoms with Crippen LogP contribution in [0, 0.1) is 0 Å². The van der Waals surface area contributed by atoms with Gasteiger partial charge in [0.05, 0.1) is 19.8 Å². The van der Waals surface area contributed by atoms with E-state index in [-0.39, 0.29) is 16.6 Å². The van der Waals surface area contributed by atoms with Gasteiger partial charge in [-0.25, -0.2) is 15.2 Å². The van der Waals surface area contributed by atoms with Gasteiger partial charge in [0, 0.05) is 57.3 Å². The van der Waals surface area contributed by atoms with Crippen LogP contribution in [0.5, 0.6) is 0 Å². The van der Waals surface area contributed by atoms with Gasteiger partial charge in [-0.2, -0.15) is 4.65 Å². The Bertz CT molecular complexity index is 1230. The topological polar surface area (TPSA) is 78.4 Å². The molecule has 4 heterocycles. The summed E-state index contributed by atoms with van der Waals surface area (Å²) in [6.07, 6.45) is 5.97. The summed E-state index contributed by atoms with van der Waals surface area (Å²) in [7, 11) is 0. The SMILES string of the molecule is O=C(CCc1nc2nc(N3CCCC3)ccc2s1)NCCC[N+]1(O)CCCC1c1ccc(Cl)c(Cl)c1. The highest BCUT2D eigenvalue weighted by Gasteiger charge is 2.42. The van der Waals surface area contributed by atoms with E-state index in [2.05, 4.69) is 27.3 Å². The molecule has 0 spiro atoms. The molecule has 1 amide bonds. The second-order valence-corrected chi connectivity index (χ2v) is 11.7. The molecule has 2 aliphatic rings. The van der Waals surface area contributed by atoms with E-state index in [0.717, 1.165) is 52.7 Å². The minimum atomic E-state index is -0.0219. The monoisotopic (exact) mass is 548 g/mol. The third-order valence-electron chi connectivity index (χ3n) is 7.25. The number of fused-ring (bicyclic) bond motifs is 1. The summed E-state index contributed by atoms with van der Waals surface area (Å²) in [6.45, 7) is 3.93. The molecule has 5 rings (SSSR count). The van der Waals surface area contributed by atoms with Crippen LogP contribution in [0.25, 0.3) is 10.3 Å². The summed E-state index contributed by atoms with van der Waals surface area (Å²) >= 11 is 13.9. The van der Waals surface area contributed by atoms with Gasteiger partial charge in [-0.05, 0) is 37.1 Å². The number of hydrogen-bond acceptors (Lipinski definition) is 6. The number of pyridine rings is 1. The van der Waals surface area contributed by atoms with Gasteiger partial charge in [0.2, 0.25) is 5.91 Å². The number of carbonyl (C=O) groups is 1. The first-order chi connectivity index (χ1) is 17.4. The molecule has 2 saturated heterocycles. The number of likely N-dealkylation sites (tertiary alicyclic amines) is 1. The van der Waals surface area contributed by atoms with Crippen LogP contribution >= 0.6 is 34.5 Å². The number of anilines is 1. The molecule has 2 aromatic heterocycles. The van der Waals surface area contributed by atoms with Crippen LogP contribution in [0.2, 0.25) is 10.0 Å². The molecule has 2 aliphatic heterocycles. The molecular formula is C26H32Cl2N5O2S+. The maximum Gasteiger partial charge on any atom is 0.220 e. The molecule has 1 aromatic carbocycles. The molecule has 0 saturated carbocycles. The van der Waals surface area contributed by atoms with E-state index in [1.165, 1.54) is 12.8 Å². The Kier molecular flexibility index (Phi) is 7.98. The highest BCUT2D eigenvalue weighted by Crippen LogP contribution is 2.39. The fourth-order valence-electron chi connectivity index (χ4n) is 5.36. The van der Waals surface area contributed by atoms with Crippen molar-refractivity contribution in [2.24, 2.45) is 0 Å². The Balaban J connectivity index is 1.08. The van der Waals surface area contributed by atoms with Crippen molar-refractivity contribution >= 4 is 56.6 Å². The van der Waals surface area contributed by atoms with Crippen LogP contribution in [0.15, 0.2) is 30.3 Å². The summed E-state index contributed by atoms with van der Waals surface area (Å²) < 4.78 is 1.04. The molecule has 3 aromatic rings. The van der Waals surface area contributed by atoms with Crippen molar-refractivity contribution in [2.75, 3.05) is 37.6 Å². The first-order valence-corrected chi connectivity index (χ1v) is 14.3. The minimum Gasteiger partial charge on any atom is -0.357 e. The summed E-state index contributed by atoms with van der Waals surface area (Å²) in [5.74, 6) is 1.00. The van der Waals surface area contributed by atoms with E-state index in [9.17, 15) is 10.0 Å². The molecule has 2 atom stereocenters. The van der Waals surface area contributed by atoms with E-state index < -0.39 is 0 Å². The predicted octanol–water partition coefficient (Wildman–Crippen LogP) is 5.78. The Morgan fingerprint density at radius 2 is 1.97 bits per heavy atom. The molecule has 192 valence electrons. The number of rotatable bonds is 9. The number of hydroxylamine groups is 3. The van der Waals surface area contributed by atoms with Gasteiger partial charge in [0.15, 0.2) is 5.65 Å². The van der Waals surface area contributed by atoms with E-state index >= 15 is 0 Å². The van der Waals surface area contributed by atoms with E-state index in [1.807, 2.05) is 12.1 Å². The molecule has 0 radical (unpaired) electrons. The van der Waals surface area contributed by atoms with Crippen LogP contribution in [0.1, 0.15) is 55.1 Å². The lowest BCUT2D eigenvalue weighted by atomic mass is 10.0. The molecule has 0 bridgehead atoms. The number of carbonyl (C=O) groups excluding carboxylic acids is 1. The number of nitrogens with one attached hydrogen (secondary N) is 1. The van der Waals surface area contributed by atoms with Gasteiger partial charge in [0.1, 0.15) is 24.9 Å². The third-order valence-corrected chi connectivity index (χ3v) is 9.06. The maximum absolute atomic E-state index is 12.4. The fourth-order valence-corrected chi connectivity index (χ4v) is 6.57. The van der Waals surface area contributed by atoms with Gasteiger partial charge >= 0.3 is 0 Å². The van der Waals surface area contributed by atoms with Crippen molar-refractivity contribution in [3.63, 3.8) is 0 Å². The van der Waals surface area contributed by atoms with Crippen molar-refractivity contribution in [1.29, 1.82) is 0 Å². The van der Waals surface area contributed by atoms with Crippen LogP contribution in [0.4, 0.5) is 5.82 Å². The number of aromatic nitrogens is 2.